The van der Waals surface area contributed by atoms with Crippen molar-refractivity contribution in [3.63, 3.8) is 0 Å². The molecule has 0 radical (unpaired) electrons. The summed E-state index contributed by atoms with van der Waals surface area (Å²) in [5.41, 5.74) is 1.15. The van der Waals surface area contributed by atoms with E-state index in [0.717, 1.165) is 10.2 Å². The van der Waals surface area contributed by atoms with Crippen LogP contribution >= 0.6 is 0 Å². The maximum absolute atomic E-state index is 12.2. The largest absolute Gasteiger partial charge is 0.309 e. The summed E-state index contributed by atoms with van der Waals surface area (Å²) in [4.78, 5) is 28.3. The molecule has 0 aliphatic rings. The Morgan fingerprint density at radius 3 is 2.82 bits per heavy atom. The fraction of sp³-hybridized carbons (Fsp3) is 0.133. The molecule has 7 heteroatoms. The number of amides is 1. The minimum atomic E-state index is -0.386. The molecule has 3 aromatic rings. The van der Waals surface area contributed by atoms with Crippen molar-refractivity contribution in [2.24, 2.45) is 0 Å². The van der Waals surface area contributed by atoms with Crippen LogP contribution < -0.4 is 10.9 Å². The van der Waals surface area contributed by atoms with Crippen LogP contribution in [0.1, 0.15) is 5.56 Å². The van der Waals surface area contributed by atoms with Crippen molar-refractivity contribution >= 4 is 22.6 Å². The highest BCUT2D eigenvalue weighted by Gasteiger charge is 2.09. The second kappa shape index (κ2) is 5.72. The van der Waals surface area contributed by atoms with Gasteiger partial charge in [-0.25, -0.2) is 9.67 Å². The van der Waals surface area contributed by atoms with Gasteiger partial charge in [-0.1, -0.05) is 23.4 Å². The average molecular weight is 295 g/mol. The molecule has 0 saturated heterocycles. The van der Waals surface area contributed by atoms with Crippen molar-refractivity contribution in [1.82, 2.24) is 20.0 Å². The van der Waals surface area contributed by atoms with Crippen molar-refractivity contribution < 1.29 is 4.79 Å². The van der Waals surface area contributed by atoms with Gasteiger partial charge in [-0.05, 0) is 30.7 Å². The lowest BCUT2D eigenvalue weighted by atomic mass is 10.2. The molecule has 110 valence electrons. The molecule has 0 atom stereocenters. The van der Waals surface area contributed by atoms with Gasteiger partial charge >= 0.3 is 0 Å². The van der Waals surface area contributed by atoms with E-state index in [1.807, 2.05) is 13.0 Å². The van der Waals surface area contributed by atoms with E-state index < -0.39 is 0 Å². The quantitative estimate of drug-likeness (QED) is 0.782. The molecule has 7 nitrogen and oxygen atoms in total. The lowest BCUT2D eigenvalue weighted by Gasteiger charge is -2.06. The predicted octanol–water partition coefficient (Wildman–Crippen LogP) is 1.13. The van der Waals surface area contributed by atoms with Gasteiger partial charge < -0.3 is 5.32 Å². The number of carbonyl (C=O) groups is 1. The zero-order chi connectivity index (χ0) is 15.5. The summed E-state index contributed by atoms with van der Waals surface area (Å²) in [7, 11) is 0. The van der Waals surface area contributed by atoms with E-state index in [9.17, 15) is 9.59 Å². The molecule has 22 heavy (non-hydrogen) atoms. The van der Waals surface area contributed by atoms with Crippen LogP contribution in [0.25, 0.3) is 10.9 Å². The maximum Gasteiger partial charge on any atom is 0.278 e. The summed E-state index contributed by atoms with van der Waals surface area (Å²) in [5, 5.41) is 10.8. The number of anilines is 1. The minimum Gasteiger partial charge on any atom is -0.309 e. The molecular weight excluding hydrogens is 282 g/mol. The van der Waals surface area contributed by atoms with Crippen molar-refractivity contribution in [1.29, 1.82) is 0 Å². The number of fused-ring (bicyclic) bond motifs is 1. The molecule has 1 N–H and O–H groups in total. The Morgan fingerprint density at radius 2 is 2.05 bits per heavy atom. The molecule has 0 unspecified atom stereocenters. The van der Waals surface area contributed by atoms with Gasteiger partial charge in [-0.2, -0.15) is 0 Å². The Balaban J connectivity index is 1.81. The third-order valence-corrected chi connectivity index (χ3v) is 3.10. The number of carbonyl (C=O) groups excluding carboxylic acids is 1. The van der Waals surface area contributed by atoms with Crippen LogP contribution in [-0.4, -0.2) is 25.9 Å². The SMILES string of the molecule is Cc1ccc(NC(=O)Cn2nnc3ccccc3c2=O)nc1. The second-order valence-corrected chi connectivity index (χ2v) is 4.84. The van der Waals surface area contributed by atoms with E-state index in [2.05, 4.69) is 20.6 Å². The summed E-state index contributed by atoms with van der Waals surface area (Å²) < 4.78 is 1.03. The number of nitrogens with zero attached hydrogens (tertiary/aromatic N) is 4. The Kier molecular flexibility index (Phi) is 3.61. The van der Waals surface area contributed by atoms with Crippen LogP contribution in [0, 0.1) is 6.92 Å². The van der Waals surface area contributed by atoms with Crippen LogP contribution in [0.15, 0.2) is 47.4 Å². The van der Waals surface area contributed by atoms with Crippen LogP contribution in [0.2, 0.25) is 0 Å². The van der Waals surface area contributed by atoms with Gasteiger partial charge in [-0.3, -0.25) is 9.59 Å². The van der Waals surface area contributed by atoms with Gasteiger partial charge in [0.1, 0.15) is 17.9 Å². The van der Waals surface area contributed by atoms with Crippen LogP contribution in [0.5, 0.6) is 0 Å². The number of rotatable bonds is 3. The number of aryl methyl sites for hydroxylation is 1. The molecule has 1 aromatic carbocycles. The smallest absolute Gasteiger partial charge is 0.278 e. The van der Waals surface area contributed by atoms with Crippen LogP contribution in [-0.2, 0) is 11.3 Å². The first-order valence-corrected chi connectivity index (χ1v) is 6.68. The van der Waals surface area contributed by atoms with Gasteiger partial charge in [0.15, 0.2) is 0 Å². The van der Waals surface area contributed by atoms with Gasteiger partial charge in [0.2, 0.25) is 5.91 Å². The van der Waals surface area contributed by atoms with Gasteiger partial charge in [0.05, 0.1) is 5.39 Å². The average Bonchev–Trinajstić information content (AvgIpc) is 2.53. The zero-order valence-corrected chi connectivity index (χ0v) is 11.9. The van der Waals surface area contributed by atoms with E-state index in [-0.39, 0.29) is 18.0 Å². The third kappa shape index (κ3) is 2.83. The van der Waals surface area contributed by atoms with E-state index >= 15 is 0 Å². The summed E-state index contributed by atoms with van der Waals surface area (Å²) in [6.45, 7) is 1.69. The Labute approximate surface area is 125 Å². The Bertz CT molecular complexity index is 886. The predicted molar refractivity (Wildman–Crippen MR) is 81.4 cm³/mol. The molecule has 0 aliphatic carbocycles. The number of benzene rings is 1. The molecule has 2 aromatic heterocycles. The van der Waals surface area contributed by atoms with Crippen molar-refractivity contribution in [2.75, 3.05) is 5.32 Å². The molecule has 0 spiro atoms. The number of nitrogens with one attached hydrogen (secondary N) is 1. The highest BCUT2D eigenvalue weighted by molar-refractivity contribution is 5.89. The number of pyridine rings is 1. The number of hydrogen-bond donors (Lipinski definition) is 1. The van der Waals surface area contributed by atoms with E-state index in [4.69, 9.17) is 0 Å². The lowest BCUT2D eigenvalue weighted by molar-refractivity contribution is -0.117. The Morgan fingerprint density at radius 1 is 1.23 bits per heavy atom. The summed E-state index contributed by atoms with van der Waals surface area (Å²) in [6.07, 6.45) is 1.65. The number of hydrogen-bond acceptors (Lipinski definition) is 5. The van der Waals surface area contributed by atoms with E-state index in [1.165, 1.54) is 0 Å². The fourth-order valence-corrected chi connectivity index (χ4v) is 1.99. The normalized spacial score (nSPS) is 10.6. The molecular formula is C15H13N5O2. The summed E-state index contributed by atoms with van der Waals surface area (Å²) >= 11 is 0. The van der Waals surface area contributed by atoms with Crippen molar-refractivity contribution in [2.45, 2.75) is 13.5 Å². The van der Waals surface area contributed by atoms with Crippen LogP contribution in [0.3, 0.4) is 0 Å². The molecule has 0 saturated carbocycles. The monoisotopic (exact) mass is 295 g/mol. The number of aromatic nitrogens is 4. The van der Waals surface area contributed by atoms with Crippen LogP contribution in [0.4, 0.5) is 5.82 Å². The third-order valence-electron chi connectivity index (χ3n) is 3.10. The van der Waals surface area contributed by atoms with Crippen molar-refractivity contribution in [3.8, 4) is 0 Å². The standard InChI is InChI=1S/C15H13N5O2/c1-10-6-7-13(16-8-10)17-14(21)9-20-15(22)11-4-2-3-5-12(11)18-19-20/h2-8H,9H2,1H3,(H,16,17,21). The van der Waals surface area contributed by atoms with Gasteiger partial charge in [0, 0.05) is 6.20 Å². The van der Waals surface area contributed by atoms with Crippen molar-refractivity contribution in [3.05, 3.63) is 58.5 Å². The highest BCUT2D eigenvalue weighted by Crippen LogP contribution is 2.05. The molecule has 1 amide bonds. The second-order valence-electron chi connectivity index (χ2n) is 4.84. The fourth-order valence-electron chi connectivity index (χ4n) is 1.99. The lowest BCUT2D eigenvalue weighted by Crippen LogP contribution is -2.30. The first-order valence-electron chi connectivity index (χ1n) is 6.68. The highest BCUT2D eigenvalue weighted by atomic mass is 16.2. The van der Waals surface area contributed by atoms with E-state index in [0.29, 0.717) is 16.7 Å². The molecule has 0 bridgehead atoms. The topological polar surface area (TPSA) is 89.8 Å². The molecule has 0 fully saturated rings. The van der Waals surface area contributed by atoms with E-state index in [1.54, 1.807) is 36.5 Å². The summed E-state index contributed by atoms with van der Waals surface area (Å²) in [6, 6.07) is 10.4. The molecule has 3 rings (SSSR count). The minimum absolute atomic E-state index is 0.216. The first-order chi connectivity index (χ1) is 10.6. The zero-order valence-electron chi connectivity index (χ0n) is 11.9. The Hall–Kier alpha value is -3.09. The summed E-state index contributed by atoms with van der Waals surface area (Å²) in [5.74, 6) is 0.0421. The molecule has 2 heterocycles. The van der Waals surface area contributed by atoms with Gasteiger partial charge in [0.25, 0.3) is 5.56 Å². The maximum atomic E-state index is 12.2. The van der Waals surface area contributed by atoms with Gasteiger partial charge in [-0.15, -0.1) is 5.10 Å². The first kappa shape index (κ1) is 13.9. The molecule has 0 aliphatic heterocycles.